The maximum Gasteiger partial charge on any atom is 0.0446 e. The first kappa shape index (κ1) is 11.0. The molecule has 0 spiro atoms. The maximum absolute atomic E-state index is 8.96. The molecule has 0 radical (unpaired) electrons. The van der Waals surface area contributed by atoms with Crippen molar-refractivity contribution in [2.24, 2.45) is 0 Å². The monoisotopic (exact) mass is 186 g/mol. The third kappa shape index (κ3) is 3.25. The van der Waals surface area contributed by atoms with Gasteiger partial charge in [-0.15, -0.1) is 0 Å². The van der Waals surface area contributed by atoms with Crippen molar-refractivity contribution < 1.29 is 5.11 Å². The van der Waals surface area contributed by atoms with Gasteiger partial charge >= 0.3 is 0 Å². The minimum atomic E-state index is 0.314. The Bertz CT molecular complexity index is 141. The molecule has 0 aromatic heterocycles. The van der Waals surface area contributed by atoms with Crippen LogP contribution in [0.15, 0.2) is 0 Å². The average molecular weight is 186 g/mol. The Morgan fingerprint density at radius 2 is 2.15 bits per heavy atom. The lowest BCUT2D eigenvalue weighted by Crippen LogP contribution is -2.40. The van der Waals surface area contributed by atoms with Crippen molar-refractivity contribution in [2.75, 3.05) is 39.8 Å². The first-order valence-electron chi connectivity index (χ1n) is 5.31. The van der Waals surface area contributed by atoms with Crippen LogP contribution in [-0.4, -0.2) is 60.8 Å². The molecular weight excluding hydrogens is 164 g/mol. The highest BCUT2D eigenvalue weighted by molar-refractivity contribution is 4.77. The molecule has 1 atom stereocenters. The molecule has 1 heterocycles. The fourth-order valence-corrected chi connectivity index (χ4v) is 2.13. The minimum absolute atomic E-state index is 0.314. The number of hydrogen-bond acceptors (Lipinski definition) is 3. The van der Waals surface area contributed by atoms with Crippen LogP contribution in [-0.2, 0) is 0 Å². The van der Waals surface area contributed by atoms with Crippen LogP contribution >= 0.6 is 0 Å². The van der Waals surface area contributed by atoms with E-state index in [9.17, 15) is 0 Å². The van der Waals surface area contributed by atoms with E-state index in [0.717, 1.165) is 19.5 Å². The summed E-state index contributed by atoms with van der Waals surface area (Å²) in [7, 11) is 2.17. The molecule has 0 aromatic rings. The summed E-state index contributed by atoms with van der Waals surface area (Å²) in [4.78, 5) is 4.86. The molecule has 1 aliphatic rings. The van der Waals surface area contributed by atoms with E-state index in [1.165, 1.54) is 19.5 Å². The standard InChI is InChI=1S/C10H22N2O/c1-3-12-7-4-6-11(2)9-10(12)5-8-13/h10,13H,3-9H2,1-2H3. The number of aliphatic hydroxyl groups excluding tert-OH is 1. The van der Waals surface area contributed by atoms with E-state index in [1.54, 1.807) is 0 Å². The quantitative estimate of drug-likeness (QED) is 0.691. The van der Waals surface area contributed by atoms with E-state index in [-0.39, 0.29) is 0 Å². The van der Waals surface area contributed by atoms with Gasteiger partial charge in [-0.25, -0.2) is 0 Å². The molecule has 3 nitrogen and oxygen atoms in total. The van der Waals surface area contributed by atoms with Crippen molar-refractivity contribution in [1.29, 1.82) is 0 Å². The lowest BCUT2D eigenvalue weighted by atomic mass is 10.2. The zero-order chi connectivity index (χ0) is 9.68. The molecule has 1 rings (SSSR count). The van der Waals surface area contributed by atoms with Gasteiger partial charge in [0.15, 0.2) is 0 Å². The largest absolute Gasteiger partial charge is 0.396 e. The summed E-state index contributed by atoms with van der Waals surface area (Å²) in [5.41, 5.74) is 0. The predicted molar refractivity (Wildman–Crippen MR) is 54.9 cm³/mol. The normalized spacial score (nSPS) is 27.5. The Balaban J connectivity index is 2.49. The molecule has 78 valence electrons. The third-order valence-corrected chi connectivity index (χ3v) is 2.89. The lowest BCUT2D eigenvalue weighted by Gasteiger charge is -2.29. The second-order valence-electron chi connectivity index (χ2n) is 3.91. The molecule has 1 saturated heterocycles. The lowest BCUT2D eigenvalue weighted by molar-refractivity contribution is 0.156. The summed E-state index contributed by atoms with van der Waals surface area (Å²) >= 11 is 0. The molecule has 0 bridgehead atoms. The highest BCUT2D eigenvalue weighted by Gasteiger charge is 2.21. The molecule has 0 saturated carbocycles. The topological polar surface area (TPSA) is 26.7 Å². The number of hydrogen-bond donors (Lipinski definition) is 1. The van der Waals surface area contributed by atoms with Gasteiger partial charge in [-0.05, 0) is 39.5 Å². The van der Waals surface area contributed by atoms with Crippen molar-refractivity contribution in [3.05, 3.63) is 0 Å². The Morgan fingerprint density at radius 1 is 1.38 bits per heavy atom. The summed E-state index contributed by atoms with van der Waals surface area (Å²) in [6.07, 6.45) is 2.17. The third-order valence-electron chi connectivity index (χ3n) is 2.89. The van der Waals surface area contributed by atoms with Gasteiger partial charge in [0.05, 0.1) is 0 Å². The maximum atomic E-state index is 8.96. The highest BCUT2D eigenvalue weighted by atomic mass is 16.3. The second kappa shape index (κ2) is 5.58. The van der Waals surface area contributed by atoms with Crippen LogP contribution in [0.5, 0.6) is 0 Å². The van der Waals surface area contributed by atoms with Gasteiger partial charge in [0.25, 0.3) is 0 Å². The number of rotatable bonds is 3. The van der Waals surface area contributed by atoms with Gasteiger partial charge in [-0.3, -0.25) is 4.90 Å². The molecule has 3 heteroatoms. The van der Waals surface area contributed by atoms with E-state index >= 15 is 0 Å². The number of nitrogens with zero attached hydrogens (tertiary/aromatic N) is 2. The van der Waals surface area contributed by atoms with E-state index in [2.05, 4.69) is 23.8 Å². The van der Waals surface area contributed by atoms with E-state index < -0.39 is 0 Å². The van der Waals surface area contributed by atoms with Gasteiger partial charge in [0.1, 0.15) is 0 Å². The zero-order valence-corrected chi connectivity index (χ0v) is 8.87. The van der Waals surface area contributed by atoms with E-state index in [4.69, 9.17) is 5.11 Å². The number of aliphatic hydroxyl groups is 1. The molecule has 0 aromatic carbocycles. The predicted octanol–water partition coefficient (Wildman–Crippen LogP) is 0.395. The molecule has 0 aliphatic carbocycles. The van der Waals surface area contributed by atoms with Crippen molar-refractivity contribution in [3.8, 4) is 0 Å². The molecule has 1 aliphatic heterocycles. The first-order valence-corrected chi connectivity index (χ1v) is 5.31. The van der Waals surface area contributed by atoms with E-state index in [0.29, 0.717) is 12.6 Å². The molecule has 1 fully saturated rings. The summed E-state index contributed by atoms with van der Waals surface area (Å²) in [6, 6.07) is 0.558. The summed E-state index contributed by atoms with van der Waals surface area (Å²) < 4.78 is 0. The fraction of sp³-hybridized carbons (Fsp3) is 1.00. The van der Waals surface area contributed by atoms with Gasteiger partial charge in [-0.1, -0.05) is 6.92 Å². The highest BCUT2D eigenvalue weighted by Crippen LogP contribution is 2.10. The molecule has 1 unspecified atom stereocenters. The van der Waals surface area contributed by atoms with Crippen LogP contribution < -0.4 is 0 Å². The van der Waals surface area contributed by atoms with Gasteiger partial charge in [0, 0.05) is 19.2 Å². The molecule has 0 amide bonds. The van der Waals surface area contributed by atoms with Crippen LogP contribution in [0.4, 0.5) is 0 Å². The van der Waals surface area contributed by atoms with E-state index in [1.807, 2.05) is 0 Å². The second-order valence-corrected chi connectivity index (χ2v) is 3.91. The smallest absolute Gasteiger partial charge is 0.0446 e. The fourth-order valence-electron chi connectivity index (χ4n) is 2.13. The van der Waals surface area contributed by atoms with Crippen molar-refractivity contribution in [3.63, 3.8) is 0 Å². The summed E-state index contributed by atoms with van der Waals surface area (Å²) in [5, 5.41) is 8.96. The van der Waals surface area contributed by atoms with Crippen LogP contribution in [0.25, 0.3) is 0 Å². The van der Waals surface area contributed by atoms with Crippen LogP contribution in [0.1, 0.15) is 19.8 Å². The zero-order valence-electron chi connectivity index (χ0n) is 8.87. The van der Waals surface area contributed by atoms with Crippen molar-refractivity contribution in [2.45, 2.75) is 25.8 Å². The van der Waals surface area contributed by atoms with Gasteiger partial charge in [-0.2, -0.15) is 0 Å². The van der Waals surface area contributed by atoms with Crippen molar-refractivity contribution >= 4 is 0 Å². The Hall–Kier alpha value is -0.120. The Labute approximate surface area is 81.3 Å². The Morgan fingerprint density at radius 3 is 2.77 bits per heavy atom. The molecule has 1 N–H and O–H groups in total. The summed E-state index contributed by atoms with van der Waals surface area (Å²) in [6.45, 7) is 7.11. The first-order chi connectivity index (χ1) is 6.27. The van der Waals surface area contributed by atoms with Crippen LogP contribution in [0.3, 0.4) is 0 Å². The SMILES string of the molecule is CCN1CCCN(C)CC1CCO. The average Bonchev–Trinajstić information content (AvgIpc) is 2.28. The molecular formula is C10H22N2O. The summed E-state index contributed by atoms with van der Waals surface area (Å²) in [5.74, 6) is 0. The minimum Gasteiger partial charge on any atom is -0.396 e. The van der Waals surface area contributed by atoms with Crippen molar-refractivity contribution in [1.82, 2.24) is 9.80 Å². The number of likely N-dealkylation sites (N-methyl/N-ethyl adjacent to an activating group) is 2. The van der Waals surface area contributed by atoms with Crippen LogP contribution in [0, 0.1) is 0 Å². The Kier molecular flexibility index (Phi) is 4.70. The van der Waals surface area contributed by atoms with Crippen LogP contribution in [0.2, 0.25) is 0 Å². The molecule has 13 heavy (non-hydrogen) atoms. The van der Waals surface area contributed by atoms with Gasteiger partial charge < -0.3 is 10.0 Å². The van der Waals surface area contributed by atoms with Gasteiger partial charge in [0.2, 0.25) is 0 Å².